The zero-order valence-electron chi connectivity index (χ0n) is 13.9. The van der Waals surface area contributed by atoms with E-state index in [-0.39, 0.29) is 0 Å². The lowest BCUT2D eigenvalue weighted by Crippen LogP contribution is -2.08. The molecule has 0 aliphatic heterocycles. The third-order valence-electron chi connectivity index (χ3n) is 4.40. The molecule has 3 heteroatoms. The molecule has 2 rings (SSSR count). The van der Waals surface area contributed by atoms with Crippen molar-refractivity contribution in [2.45, 2.75) is 53.0 Å². The highest BCUT2D eigenvalue weighted by atomic mass is 15.0. The summed E-state index contributed by atoms with van der Waals surface area (Å²) in [4.78, 5) is 4.58. The van der Waals surface area contributed by atoms with Crippen molar-refractivity contribution in [1.29, 1.82) is 0 Å². The standard InChI is InChI=1S/C18H27BN2/c1-5-6-7-13(2)10-14(3)11-21-12-20-18-15(4)16(19)8-9-17(18)21/h8-9,12-13H,3,5-7,10-11,19H2,1-2,4H3. The van der Waals surface area contributed by atoms with Crippen LogP contribution < -0.4 is 5.46 Å². The molecule has 2 aromatic rings. The van der Waals surface area contributed by atoms with Crippen molar-refractivity contribution in [2.24, 2.45) is 5.92 Å². The van der Waals surface area contributed by atoms with E-state index in [2.05, 4.69) is 56.9 Å². The zero-order chi connectivity index (χ0) is 15.4. The molecule has 112 valence electrons. The summed E-state index contributed by atoms with van der Waals surface area (Å²) >= 11 is 0. The number of imidazole rings is 1. The molecule has 1 aromatic carbocycles. The van der Waals surface area contributed by atoms with Gasteiger partial charge in [0.05, 0.1) is 17.4 Å². The third kappa shape index (κ3) is 3.78. The average molecular weight is 282 g/mol. The summed E-state index contributed by atoms with van der Waals surface area (Å²) in [6, 6.07) is 4.36. The van der Waals surface area contributed by atoms with E-state index in [1.807, 2.05) is 6.33 Å². The molecule has 1 unspecified atom stereocenters. The van der Waals surface area contributed by atoms with Crippen molar-refractivity contribution in [1.82, 2.24) is 9.55 Å². The van der Waals surface area contributed by atoms with Gasteiger partial charge in [0.2, 0.25) is 0 Å². The maximum atomic E-state index is 4.58. The van der Waals surface area contributed by atoms with Crippen LogP contribution in [0.25, 0.3) is 11.0 Å². The minimum absolute atomic E-state index is 0.733. The monoisotopic (exact) mass is 282 g/mol. The highest BCUT2D eigenvalue weighted by molar-refractivity contribution is 6.34. The second kappa shape index (κ2) is 6.97. The number of aromatic nitrogens is 2. The van der Waals surface area contributed by atoms with Crippen LogP contribution in [0, 0.1) is 12.8 Å². The first-order valence-electron chi connectivity index (χ1n) is 8.10. The molecule has 0 aliphatic carbocycles. The summed E-state index contributed by atoms with van der Waals surface area (Å²) in [5.74, 6) is 0.733. The van der Waals surface area contributed by atoms with Crippen LogP contribution in [0.4, 0.5) is 0 Å². The molecule has 0 saturated carbocycles. The van der Waals surface area contributed by atoms with Gasteiger partial charge in [0, 0.05) is 6.54 Å². The lowest BCUT2D eigenvalue weighted by Gasteiger charge is -2.14. The van der Waals surface area contributed by atoms with Gasteiger partial charge in [0.1, 0.15) is 7.85 Å². The van der Waals surface area contributed by atoms with Gasteiger partial charge in [-0.3, -0.25) is 0 Å². The normalized spacial score (nSPS) is 12.7. The zero-order valence-corrected chi connectivity index (χ0v) is 13.9. The summed E-state index contributed by atoms with van der Waals surface area (Å²) < 4.78 is 2.23. The summed E-state index contributed by atoms with van der Waals surface area (Å²) in [6.45, 7) is 11.9. The largest absolute Gasteiger partial charge is 0.326 e. The molecule has 1 atom stereocenters. The van der Waals surface area contributed by atoms with Crippen LogP contribution in [-0.2, 0) is 6.54 Å². The van der Waals surface area contributed by atoms with Gasteiger partial charge in [0.15, 0.2) is 0 Å². The molecular weight excluding hydrogens is 255 g/mol. The Morgan fingerprint density at radius 2 is 2.19 bits per heavy atom. The first kappa shape index (κ1) is 15.9. The molecule has 0 amide bonds. The number of hydrogen-bond donors (Lipinski definition) is 0. The van der Waals surface area contributed by atoms with Crippen molar-refractivity contribution in [3.63, 3.8) is 0 Å². The summed E-state index contributed by atoms with van der Waals surface area (Å²) in [6.07, 6.45) is 6.98. The van der Waals surface area contributed by atoms with Gasteiger partial charge in [-0.1, -0.05) is 56.8 Å². The highest BCUT2D eigenvalue weighted by Gasteiger charge is 2.09. The van der Waals surface area contributed by atoms with Crippen molar-refractivity contribution in [3.8, 4) is 0 Å². The van der Waals surface area contributed by atoms with Crippen LogP contribution in [0.1, 0.15) is 45.1 Å². The van der Waals surface area contributed by atoms with E-state index >= 15 is 0 Å². The fraction of sp³-hybridized carbons (Fsp3) is 0.500. The Morgan fingerprint density at radius 3 is 2.90 bits per heavy atom. The predicted octanol–water partition coefficient (Wildman–Crippen LogP) is 3.38. The Morgan fingerprint density at radius 1 is 1.43 bits per heavy atom. The average Bonchev–Trinajstić information content (AvgIpc) is 2.84. The third-order valence-corrected chi connectivity index (χ3v) is 4.40. The molecule has 0 aliphatic rings. The highest BCUT2D eigenvalue weighted by Crippen LogP contribution is 2.20. The van der Waals surface area contributed by atoms with Gasteiger partial charge in [-0.25, -0.2) is 4.98 Å². The molecule has 0 saturated heterocycles. The minimum Gasteiger partial charge on any atom is -0.326 e. The van der Waals surface area contributed by atoms with Crippen LogP contribution in [0.3, 0.4) is 0 Å². The van der Waals surface area contributed by atoms with Gasteiger partial charge in [-0.2, -0.15) is 0 Å². The number of allylic oxidation sites excluding steroid dienone is 1. The number of hydrogen-bond acceptors (Lipinski definition) is 1. The minimum atomic E-state index is 0.733. The molecule has 0 bridgehead atoms. The van der Waals surface area contributed by atoms with Crippen LogP contribution in [0.15, 0.2) is 30.6 Å². The molecule has 0 N–H and O–H groups in total. The quantitative estimate of drug-likeness (QED) is 0.562. The van der Waals surface area contributed by atoms with Crippen molar-refractivity contribution < 1.29 is 0 Å². The number of aryl methyl sites for hydroxylation is 1. The van der Waals surface area contributed by atoms with E-state index in [0.29, 0.717) is 0 Å². The Kier molecular flexibility index (Phi) is 5.27. The van der Waals surface area contributed by atoms with Crippen molar-refractivity contribution >= 4 is 24.3 Å². The topological polar surface area (TPSA) is 17.8 Å². The predicted molar refractivity (Wildman–Crippen MR) is 95.1 cm³/mol. The van der Waals surface area contributed by atoms with E-state index in [9.17, 15) is 0 Å². The second-order valence-corrected chi connectivity index (χ2v) is 6.45. The first-order valence-corrected chi connectivity index (χ1v) is 8.10. The maximum absolute atomic E-state index is 4.58. The van der Waals surface area contributed by atoms with Crippen molar-refractivity contribution in [3.05, 3.63) is 36.2 Å². The lowest BCUT2D eigenvalue weighted by atomic mass is 9.90. The number of nitrogens with zero attached hydrogens (tertiary/aromatic N) is 2. The van der Waals surface area contributed by atoms with Gasteiger partial charge in [-0.05, 0) is 30.9 Å². The van der Waals surface area contributed by atoms with Crippen LogP contribution in [0.5, 0.6) is 0 Å². The molecule has 0 fully saturated rings. The van der Waals surface area contributed by atoms with Gasteiger partial charge in [0.25, 0.3) is 0 Å². The number of unbranched alkanes of at least 4 members (excludes halogenated alkanes) is 1. The second-order valence-electron chi connectivity index (χ2n) is 6.45. The Bertz CT molecular complexity index is 627. The van der Waals surface area contributed by atoms with E-state index in [1.165, 1.54) is 41.4 Å². The number of fused-ring (bicyclic) bond motifs is 1. The molecule has 1 aromatic heterocycles. The molecule has 1 heterocycles. The fourth-order valence-electron chi connectivity index (χ4n) is 2.95. The summed E-state index contributed by atoms with van der Waals surface area (Å²) in [5, 5.41) is 0. The van der Waals surface area contributed by atoms with E-state index < -0.39 is 0 Å². The molecular formula is C18H27BN2. The molecule has 0 spiro atoms. The smallest absolute Gasteiger partial charge is 0.139 e. The van der Waals surface area contributed by atoms with Crippen LogP contribution in [-0.4, -0.2) is 17.4 Å². The van der Waals surface area contributed by atoms with E-state index in [0.717, 1.165) is 24.4 Å². The Balaban J connectivity index is 2.06. The van der Waals surface area contributed by atoms with E-state index in [1.54, 1.807) is 0 Å². The Labute approximate surface area is 129 Å². The van der Waals surface area contributed by atoms with Gasteiger partial charge in [-0.15, -0.1) is 0 Å². The first-order chi connectivity index (χ1) is 10.0. The fourth-order valence-corrected chi connectivity index (χ4v) is 2.95. The lowest BCUT2D eigenvalue weighted by molar-refractivity contribution is 0.492. The molecule has 21 heavy (non-hydrogen) atoms. The van der Waals surface area contributed by atoms with Gasteiger partial charge < -0.3 is 4.57 Å². The van der Waals surface area contributed by atoms with E-state index in [4.69, 9.17) is 0 Å². The summed E-state index contributed by atoms with van der Waals surface area (Å²) in [7, 11) is 2.14. The Hall–Kier alpha value is -1.51. The van der Waals surface area contributed by atoms with Crippen LogP contribution >= 0.6 is 0 Å². The molecule has 2 nitrogen and oxygen atoms in total. The summed E-state index contributed by atoms with van der Waals surface area (Å²) in [5.41, 5.74) is 6.24. The number of benzene rings is 1. The number of rotatable bonds is 7. The van der Waals surface area contributed by atoms with Crippen LogP contribution in [0.2, 0.25) is 0 Å². The van der Waals surface area contributed by atoms with Gasteiger partial charge >= 0.3 is 0 Å². The molecule has 0 radical (unpaired) electrons. The maximum Gasteiger partial charge on any atom is 0.139 e. The van der Waals surface area contributed by atoms with Crippen molar-refractivity contribution in [2.75, 3.05) is 0 Å². The SMILES string of the molecule is Bc1ccc2c(ncn2CC(=C)CC(C)CCCC)c1C.